The van der Waals surface area contributed by atoms with Crippen molar-refractivity contribution in [3.8, 4) is 5.75 Å². The normalized spacial score (nSPS) is 16.4. The van der Waals surface area contributed by atoms with Crippen LogP contribution in [0.15, 0.2) is 53.4 Å². The first-order chi connectivity index (χ1) is 13.0. The number of hydrogen-bond donors (Lipinski definition) is 1. The Labute approximate surface area is 160 Å². The predicted molar refractivity (Wildman–Crippen MR) is 103 cm³/mol. The topological polar surface area (TPSA) is 58.6 Å². The molecule has 3 rings (SSSR count). The van der Waals surface area contributed by atoms with Crippen LogP contribution in [-0.4, -0.2) is 39.6 Å². The van der Waals surface area contributed by atoms with Gasteiger partial charge in [0, 0.05) is 12.6 Å². The molecule has 7 heteroatoms. The molecule has 0 aliphatic carbocycles. The second-order valence-electron chi connectivity index (χ2n) is 6.57. The lowest BCUT2D eigenvalue weighted by molar-refractivity contribution is 0.246. The van der Waals surface area contributed by atoms with Gasteiger partial charge in [-0.1, -0.05) is 12.1 Å². The molecular weight excluding hydrogens is 367 g/mol. The molecule has 1 atom stereocenters. The molecule has 2 aromatic carbocycles. The first kappa shape index (κ1) is 19.8. The summed E-state index contributed by atoms with van der Waals surface area (Å²) in [7, 11) is -3.69. The van der Waals surface area contributed by atoms with Crippen LogP contribution in [0.2, 0.25) is 0 Å². The molecule has 1 aliphatic rings. The van der Waals surface area contributed by atoms with Gasteiger partial charge in [0.15, 0.2) is 0 Å². The minimum atomic E-state index is -3.69. The van der Waals surface area contributed by atoms with Crippen LogP contribution < -0.4 is 9.46 Å². The lowest BCUT2D eigenvalue weighted by atomic mass is 10.1. The summed E-state index contributed by atoms with van der Waals surface area (Å²) in [5.41, 5.74) is 1.04. The van der Waals surface area contributed by atoms with Gasteiger partial charge >= 0.3 is 0 Å². The molecule has 0 aromatic heterocycles. The number of ether oxygens (including phenoxy) is 1. The van der Waals surface area contributed by atoms with Gasteiger partial charge in [0.25, 0.3) is 0 Å². The second kappa shape index (κ2) is 8.82. The van der Waals surface area contributed by atoms with Crippen LogP contribution in [0.5, 0.6) is 5.75 Å². The minimum absolute atomic E-state index is 0.0570. The molecule has 146 valence electrons. The Hall–Kier alpha value is -1.96. The minimum Gasteiger partial charge on any atom is -0.494 e. The highest BCUT2D eigenvalue weighted by atomic mass is 32.2. The van der Waals surface area contributed by atoms with Crippen molar-refractivity contribution in [3.05, 3.63) is 59.9 Å². The molecular formula is C20H25FN2O3S. The van der Waals surface area contributed by atoms with E-state index in [1.807, 2.05) is 31.2 Å². The molecule has 5 nitrogen and oxygen atoms in total. The molecule has 1 unspecified atom stereocenters. The number of nitrogens with zero attached hydrogens (tertiary/aromatic N) is 1. The van der Waals surface area contributed by atoms with E-state index < -0.39 is 15.8 Å². The van der Waals surface area contributed by atoms with Crippen molar-refractivity contribution in [3.63, 3.8) is 0 Å². The smallest absolute Gasteiger partial charge is 0.240 e. The summed E-state index contributed by atoms with van der Waals surface area (Å²) >= 11 is 0. The van der Waals surface area contributed by atoms with Gasteiger partial charge in [-0.3, -0.25) is 4.90 Å². The van der Waals surface area contributed by atoms with Crippen LogP contribution >= 0.6 is 0 Å². The van der Waals surface area contributed by atoms with Gasteiger partial charge in [0.2, 0.25) is 10.0 Å². The van der Waals surface area contributed by atoms with Crippen LogP contribution in [0.3, 0.4) is 0 Å². The number of hydrogen-bond acceptors (Lipinski definition) is 4. The SMILES string of the molecule is CCOc1ccc(C(CNS(=O)(=O)c2ccc(F)cc2)N2CCCC2)cc1. The fraction of sp³-hybridized carbons (Fsp3) is 0.400. The van der Waals surface area contributed by atoms with E-state index >= 15 is 0 Å². The lowest BCUT2D eigenvalue weighted by Crippen LogP contribution is -2.36. The van der Waals surface area contributed by atoms with Gasteiger partial charge in [-0.15, -0.1) is 0 Å². The average Bonchev–Trinajstić information content (AvgIpc) is 3.18. The van der Waals surface area contributed by atoms with Crippen molar-refractivity contribution in [1.82, 2.24) is 9.62 Å². The van der Waals surface area contributed by atoms with Gasteiger partial charge in [-0.05, 0) is 74.8 Å². The number of benzene rings is 2. The Bertz CT molecular complexity index is 833. The predicted octanol–water partition coefficient (Wildman–Crippen LogP) is 3.34. The number of sulfonamides is 1. The summed E-state index contributed by atoms with van der Waals surface area (Å²) in [5.74, 6) is 0.339. The summed E-state index contributed by atoms with van der Waals surface area (Å²) in [4.78, 5) is 2.36. The Morgan fingerprint density at radius 3 is 2.30 bits per heavy atom. The van der Waals surface area contributed by atoms with Crippen molar-refractivity contribution in [2.24, 2.45) is 0 Å². The fourth-order valence-electron chi connectivity index (χ4n) is 3.35. The van der Waals surface area contributed by atoms with Gasteiger partial charge in [-0.2, -0.15) is 0 Å². The highest BCUT2D eigenvalue weighted by molar-refractivity contribution is 7.89. The molecule has 0 spiro atoms. The Balaban J connectivity index is 1.76. The van der Waals surface area contributed by atoms with E-state index in [-0.39, 0.29) is 17.5 Å². The molecule has 0 bridgehead atoms. The number of rotatable bonds is 8. The van der Waals surface area contributed by atoms with E-state index in [9.17, 15) is 12.8 Å². The van der Waals surface area contributed by atoms with Gasteiger partial charge < -0.3 is 4.74 Å². The van der Waals surface area contributed by atoms with Crippen molar-refractivity contribution >= 4 is 10.0 Å². The largest absolute Gasteiger partial charge is 0.494 e. The zero-order valence-electron chi connectivity index (χ0n) is 15.4. The van der Waals surface area contributed by atoms with Gasteiger partial charge in [0.05, 0.1) is 11.5 Å². The van der Waals surface area contributed by atoms with Crippen LogP contribution in [0, 0.1) is 5.82 Å². The molecule has 1 saturated heterocycles. The molecule has 0 radical (unpaired) electrons. The average molecular weight is 392 g/mol. The second-order valence-corrected chi connectivity index (χ2v) is 8.33. The third kappa shape index (κ3) is 5.06. The third-order valence-corrected chi connectivity index (χ3v) is 6.19. The van der Waals surface area contributed by atoms with E-state index in [0.717, 1.165) is 49.4 Å². The van der Waals surface area contributed by atoms with Crippen LogP contribution in [-0.2, 0) is 10.0 Å². The zero-order chi connectivity index (χ0) is 19.3. The summed E-state index contributed by atoms with van der Waals surface area (Å²) in [6, 6.07) is 12.6. The lowest BCUT2D eigenvalue weighted by Gasteiger charge is -2.28. The monoisotopic (exact) mass is 392 g/mol. The van der Waals surface area contributed by atoms with Crippen molar-refractivity contribution in [2.75, 3.05) is 26.2 Å². The van der Waals surface area contributed by atoms with Gasteiger partial charge in [-0.25, -0.2) is 17.5 Å². The van der Waals surface area contributed by atoms with E-state index in [1.54, 1.807) is 0 Å². The molecule has 1 heterocycles. The first-order valence-electron chi connectivity index (χ1n) is 9.21. The molecule has 0 saturated carbocycles. The summed E-state index contributed by atoms with van der Waals surface area (Å²) in [6.45, 7) is 4.68. The Kier molecular flexibility index (Phi) is 6.46. The molecule has 1 N–H and O–H groups in total. The van der Waals surface area contributed by atoms with Crippen molar-refractivity contribution in [2.45, 2.75) is 30.7 Å². The van der Waals surface area contributed by atoms with Crippen molar-refractivity contribution < 1.29 is 17.5 Å². The number of nitrogens with one attached hydrogen (secondary N) is 1. The summed E-state index contributed by atoms with van der Waals surface area (Å²) < 4.78 is 46.4. The fourth-order valence-corrected chi connectivity index (χ4v) is 4.39. The standard InChI is InChI=1S/C20H25FN2O3S/c1-2-26-18-9-5-16(6-10-18)20(23-13-3-4-14-23)15-22-27(24,25)19-11-7-17(21)8-12-19/h5-12,20,22H,2-4,13-15H2,1H3. The van der Waals surface area contributed by atoms with E-state index in [1.165, 1.54) is 12.1 Å². The zero-order valence-corrected chi connectivity index (χ0v) is 16.2. The first-order valence-corrected chi connectivity index (χ1v) is 10.7. The number of likely N-dealkylation sites (tertiary alicyclic amines) is 1. The third-order valence-electron chi connectivity index (χ3n) is 4.75. The Morgan fingerprint density at radius 1 is 1.07 bits per heavy atom. The molecule has 27 heavy (non-hydrogen) atoms. The quantitative estimate of drug-likeness (QED) is 0.749. The van der Waals surface area contributed by atoms with Crippen LogP contribution in [0.4, 0.5) is 4.39 Å². The highest BCUT2D eigenvalue weighted by Gasteiger charge is 2.25. The van der Waals surface area contributed by atoms with Crippen LogP contribution in [0.1, 0.15) is 31.4 Å². The molecule has 0 amide bonds. The summed E-state index contributed by atoms with van der Waals surface area (Å²) in [6.07, 6.45) is 2.22. The highest BCUT2D eigenvalue weighted by Crippen LogP contribution is 2.27. The molecule has 2 aromatic rings. The van der Waals surface area contributed by atoms with E-state index in [2.05, 4.69) is 9.62 Å². The maximum Gasteiger partial charge on any atom is 0.240 e. The molecule has 1 fully saturated rings. The van der Waals surface area contributed by atoms with E-state index in [4.69, 9.17) is 4.74 Å². The van der Waals surface area contributed by atoms with Crippen LogP contribution in [0.25, 0.3) is 0 Å². The molecule has 1 aliphatic heterocycles. The maximum atomic E-state index is 13.1. The maximum absolute atomic E-state index is 13.1. The Morgan fingerprint density at radius 2 is 1.70 bits per heavy atom. The van der Waals surface area contributed by atoms with E-state index in [0.29, 0.717) is 6.61 Å². The number of halogens is 1. The van der Waals surface area contributed by atoms with Gasteiger partial charge in [0.1, 0.15) is 11.6 Å². The van der Waals surface area contributed by atoms with Crippen molar-refractivity contribution in [1.29, 1.82) is 0 Å². The summed E-state index contributed by atoms with van der Waals surface area (Å²) in [5, 5.41) is 0.